The third-order valence-corrected chi connectivity index (χ3v) is 9.09. The van der Waals surface area contributed by atoms with Crippen molar-refractivity contribution in [3.8, 4) is 12.1 Å². The maximum atomic E-state index is 14.0. The Balaban J connectivity index is 1.44. The summed E-state index contributed by atoms with van der Waals surface area (Å²) in [6.07, 6.45) is 7.24. The first kappa shape index (κ1) is 26.9. The molecule has 3 saturated carbocycles. The van der Waals surface area contributed by atoms with Crippen molar-refractivity contribution < 1.29 is 9.82 Å². The molecule has 0 spiro atoms. The van der Waals surface area contributed by atoms with Crippen LogP contribution in [0.15, 0.2) is 42.4 Å². The van der Waals surface area contributed by atoms with Crippen molar-refractivity contribution in [2.75, 3.05) is 10.6 Å². The molecular formula is C31H35FN9+. The smallest absolute Gasteiger partial charge is 0.213 e. The monoisotopic (exact) mass is 552 g/mol. The van der Waals surface area contributed by atoms with Crippen molar-refractivity contribution in [2.24, 2.45) is 11.3 Å². The van der Waals surface area contributed by atoms with E-state index in [1.54, 1.807) is 19.1 Å². The van der Waals surface area contributed by atoms with Crippen LogP contribution in [0.1, 0.15) is 75.4 Å². The SMILES string of the molecule is Cc1nc(F)ccc1C(Nc1cc(C#N)c2ncc(C#N)c(N[C@H](C)C(C)(C)C)c2c1)C1=CN(C23CC(C2)C3)N[NH2+]1. The van der Waals surface area contributed by atoms with E-state index in [1.165, 1.54) is 31.5 Å². The van der Waals surface area contributed by atoms with E-state index in [4.69, 9.17) is 0 Å². The van der Waals surface area contributed by atoms with E-state index in [0.29, 0.717) is 39.1 Å². The number of benzene rings is 1. The second kappa shape index (κ2) is 9.69. The van der Waals surface area contributed by atoms with Gasteiger partial charge in [0.2, 0.25) is 5.95 Å². The third-order valence-electron chi connectivity index (χ3n) is 9.09. The summed E-state index contributed by atoms with van der Waals surface area (Å²) in [5.41, 5.74) is 10.6. The number of fused-ring (bicyclic) bond motifs is 1. The highest BCUT2D eigenvalue weighted by atomic mass is 19.1. The molecule has 9 nitrogen and oxygen atoms in total. The predicted octanol–water partition coefficient (Wildman–Crippen LogP) is 4.51. The number of hydrazine groups is 1. The van der Waals surface area contributed by atoms with Gasteiger partial charge >= 0.3 is 0 Å². The van der Waals surface area contributed by atoms with Crippen molar-refractivity contribution in [2.45, 2.75) is 71.5 Å². The van der Waals surface area contributed by atoms with Gasteiger partial charge in [-0.1, -0.05) is 32.4 Å². The molecule has 1 aromatic carbocycles. The summed E-state index contributed by atoms with van der Waals surface area (Å²) in [6.45, 7) is 10.3. The zero-order valence-electron chi connectivity index (χ0n) is 24.0. The number of nitrogens with two attached hydrogens (primary N) is 1. The number of pyridine rings is 2. The average Bonchev–Trinajstić information content (AvgIpc) is 3.34. The zero-order valence-corrected chi connectivity index (χ0v) is 24.0. The highest BCUT2D eigenvalue weighted by molar-refractivity contribution is 5.99. The van der Waals surface area contributed by atoms with Crippen molar-refractivity contribution in [3.05, 3.63) is 70.7 Å². The molecule has 7 rings (SSSR count). The van der Waals surface area contributed by atoms with Crippen LogP contribution in [0.25, 0.3) is 10.9 Å². The molecule has 4 aliphatic rings. The lowest BCUT2D eigenvalue weighted by atomic mass is 9.49. The fourth-order valence-electron chi connectivity index (χ4n) is 6.03. The van der Waals surface area contributed by atoms with E-state index >= 15 is 0 Å². The summed E-state index contributed by atoms with van der Waals surface area (Å²) in [6, 6.07) is 11.1. The van der Waals surface area contributed by atoms with Crippen LogP contribution in [-0.4, -0.2) is 26.6 Å². The molecule has 3 aliphatic carbocycles. The molecule has 0 saturated heterocycles. The molecule has 3 aromatic rings. The minimum absolute atomic E-state index is 0.0373. The van der Waals surface area contributed by atoms with Crippen LogP contribution >= 0.6 is 0 Å². The number of aryl methyl sites for hydroxylation is 1. The van der Waals surface area contributed by atoms with Crippen molar-refractivity contribution >= 4 is 22.3 Å². The van der Waals surface area contributed by atoms with Gasteiger partial charge in [-0.2, -0.15) is 14.9 Å². The van der Waals surface area contributed by atoms with Crippen LogP contribution in [0.2, 0.25) is 0 Å². The first-order valence-corrected chi connectivity index (χ1v) is 14.0. The number of nitrogens with zero attached hydrogens (tertiary/aromatic N) is 5. The maximum Gasteiger partial charge on any atom is 0.213 e. The van der Waals surface area contributed by atoms with Crippen LogP contribution in [-0.2, 0) is 0 Å². The Morgan fingerprint density at radius 2 is 1.88 bits per heavy atom. The standard InChI is InChI=1S/C31H34FN9/c1-17-23(6-7-26(32)36-17)29(25-16-41(40-39-25)31-10-19(11-31)12-31)38-22-8-20(13-33)27-24(9-22)28(21(14-34)15-35-27)37-18(2)30(3,4)5/h6-9,15-16,18-19,29,38-40H,10-12H2,1-5H3,(H,35,37)/p+1/t18-,19?,29?,31?/m1/s1. The van der Waals surface area contributed by atoms with E-state index in [0.717, 1.165) is 17.2 Å². The number of nitriles is 2. The van der Waals surface area contributed by atoms with Crippen LogP contribution in [0.4, 0.5) is 15.8 Å². The summed E-state index contributed by atoms with van der Waals surface area (Å²) in [7, 11) is 0. The van der Waals surface area contributed by atoms with Gasteiger partial charge in [0.15, 0.2) is 5.70 Å². The largest absolute Gasteiger partial charge is 0.380 e. The van der Waals surface area contributed by atoms with E-state index in [1.807, 2.05) is 11.5 Å². The number of rotatable bonds is 7. The minimum Gasteiger partial charge on any atom is -0.380 e. The second-order valence-electron chi connectivity index (χ2n) is 12.8. The van der Waals surface area contributed by atoms with Crippen molar-refractivity contribution in [1.82, 2.24) is 20.5 Å². The highest BCUT2D eigenvalue weighted by Crippen LogP contribution is 2.60. The summed E-state index contributed by atoms with van der Waals surface area (Å²) in [5, 5.41) is 30.1. The molecule has 10 heteroatoms. The highest BCUT2D eigenvalue weighted by Gasteiger charge is 2.61. The first-order chi connectivity index (χ1) is 19.5. The minimum atomic E-state index is -0.528. The third kappa shape index (κ3) is 4.63. The fourth-order valence-corrected chi connectivity index (χ4v) is 6.03. The number of quaternary nitrogens is 1. The van der Waals surface area contributed by atoms with E-state index < -0.39 is 5.95 Å². The number of anilines is 2. The second-order valence-corrected chi connectivity index (χ2v) is 12.8. The van der Waals surface area contributed by atoms with E-state index in [2.05, 4.69) is 77.2 Å². The predicted molar refractivity (Wildman–Crippen MR) is 154 cm³/mol. The summed E-state index contributed by atoms with van der Waals surface area (Å²) in [5.74, 6) is 0.309. The van der Waals surface area contributed by atoms with Gasteiger partial charge < -0.3 is 10.6 Å². The number of hydrogen-bond donors (Lipinski definition) is 4. The zero-order chi connectivity index (χ0) is 29.1. The lowest BCUT2D eigenvalue weighted by Crippen LogP contribution is -2.93. The Morgan fingerprint density at radius 1 is 1.15 bits per heavy atom. The van der Waals surface area contributed by atoms with Crippen LogP contribution < -0.4 is 21.6 Å². The van der Waals surface area contributed by atoms with Gasteiger partial charge in [-0.05, 0) is 62.6 Å². The average molecular weight is 553 g/mol. The molecule has 41 heavy (non-hydrogen) atoms. The lowest BCUT2D eigenvalue weighted by Gasteiger charge is -2.64. The molecule has 0 radical (unpaired) electrons. The number of hydrogen-bond acceptors (Lipinski definition) is 8. The molecule has 0 amide bonds. The van der Waals surface area contributed by atoms with Gasteiger partial charge in [-0.15, -0.1) is 0 Å². The molecule has 2 atom stereocenters. The van der Waals surface area contributed by atoms with E-state index in [-0.39, 0.29) is 23.0 Å². The Bertz CT molecular complexity index is 1640. The van der Waals surface area contributed by atoms with Crippen LogP contribution in [0.5, 0.6) is 0 Å². The molecule has 210 valence electrons. The maximum absolute atomic E-state index is 14.0. The van der Waals surface area contributed by atoms with Crippen molar-refractivity contribution in [1.29, 1.82) is 10.5 Å². The molecule has 3 fully saturated rings. The van der Waals surface area contributed by atoms with Gasteiger partial charge in [-0.25, -0.2) is 10.4 Å². The Labute approximate surface area is 239 Å². The summed E-state index contributed by atoms with van der Waals surface area (Å²) >= 11 is 0. The number of aromatic nitrogens is 2. The first-order valence-electron chi connectivity index (χ1n) is 14.0. The molecular weight excluding hydrogens is 517 g/mol. The summed E-state index contributed by atoms with van der Waals surface area (Å²) < 4.78 is 14.0. The van der Waals surface area contributed by atoms with Crippen molar-refractivity contribution in [3.63, 3.8) is 0 Å². The molecule has 2 bridgehead atoms. The Morgan fingerprint density at radius 3 is 2.49 bits per heavy atom. The van der Waals surface area contributed by atoms with Gasteiger partial charge in [0.1, 0.15) is 18.2 Å². The molecule has 1 aliphatic heterocycles. The topological polar surface area (TPSA) is 129 Å². The lowest BCUT2D eigenvalue weighted by molar-refractivity contribution is -0.683. The number of halogens is 1. The summed E-state index contributed by atoms with van der Waals surface area (Å²) in [4.78, 5) is 8.59. The van der Waals surface area contributed by atoms with Gasteiger partial charge in [-0.3, -0.25) is 9.99 Å². The molecule has 2 aromatic heterocycles. The van der Waals surface area contributed by atoms with Gasteiger partial charge in [0.25, 0.3) is 0 Å². The Hall–Kier alpha value is -4.25. The van der Waals surface area contributed by atoms with Crippen LogP contribution in [0, 0.1) is 46.9 Å². The van der Waals surface area contributed by atoms with Crippen LogP contribution in [0.3, 0.4) is 0 Å². The Kier molecular flexibility index (Phi) is 6.37. The number of nitrogens with one attached hydrogen (secondary N) is 3. The molecule has 1 unspecified atom stereocenters. The van der Waals surface area contributed by atoms with E-state index in [9.17, 15) is 14.9 Å². The molecule has 5 N–H and O–H groups in total. The normalized spacial score (nSPS) is 22.6. The fraction of sp³-hybridized carbons (Fsp3) is 0.419. The van der Waals surface area contributed by atoms with Gasteiger partial charge in [0.05, 0.1) is 34.1 Å². The van der Waals surface area contributed by atoms with Gasteiger partial charge in [0, 0.05) is 34.6 Å². The molecule has 3 heterocycles. The quantitative estimate of drug-likeness (QED) is 0.249.